The van der Waals surface area contributed by atoms with Crippen LogP contribution in [0.15, 0.2) is 51.6 Å². The highest BCUT2D eigenvalue weighted by Gasteiger charge is 2.28. The van der Waals surface area contributed by atoms with E-state index in [9.17, 15) is 8.42 Å². The number of hydrogen-bond acceptors (Lipinski definition) is 4. The number of fused-ring (bicyclic) bond motifs is 1. The lowest BCUT2D eigenvalue weighted by Gasteiger charge is -2.21. The van der Waals surface area contributed by atoms with E-state index in [0.29, 0.717) is 28.1 Å². The number of halogens is 1. The Morgan fingerprint density at radius 1 is 1.11 bits per heavy atom. The van der Waals surface area contributed by atoms with Crippen LogP contribution in [0.3, 0.4) is 0 Å². The number of thioether (sulfide) groups is 1. The molecule has 2 aromatic carbocycles. The highest BCUT2D eigenvalue weighted by Crippen LogP contribution is 2.39. The first kappa shape index (κ1) is 21.7. The normalized spacial score (nSPS) is 12.2. The molecule has 0 saturated carbocycles. The minimum absolute atomic E-state index is 0.407. The van der Waals surface area contributed by atoms with Crippen LogP contribution in [0.2, 0.25) is 5.02 Å². The highest BCUT2D eigenvalue weighted by atomic mass is 35.5. The predicted molar refractivity (Wildman–Crippen MR) is 123 cm³/mol. The average molecular weight is 454 g/mol. The molecule has 3 rings (SSSR count). The van der Waals surface area contributed by atoms with Gasteiger partial charge >= 0.3 is 0 Å². The number of sulfonamides is 1. The molecule has 0 aliphatic carbocycles. The molecule has 0 aliphatic heterocycles. The third-order valence-corrected chi connectivity index (χ3v) is 9.55. The molecule has 0 radical (unpaired) electrons. The lowest BCUT2D eigenvalue weighted by Crippen LogP contribution is -2.33. The molecule has 1 heterocycles. The number of rotatable bonds is 8. The highest BCUT2D eigenvalue weighted by molar-refractivity contribution is 7.99. The maximum atomic E-state index is 13.4. The Balaban J connectivity index is 1.84. The maximum Gasteiger partial charge on any atom is 0.252 e. The SMILES string of the molecule is CCCN(CCSc1cccc(C)c1)S(=O)(=O)c1sc2cccc(Cl)c2c1C. The number of benzene rings is 2. The zero-order chi connectivity index (χ0) is 20.3. The van der Waals surface area contributed by atoms with Gasteiger partial charge < -0.3 is 0 Å². The van der Waals surface area contributed by atoms with Crippen LogP contribution in [0.4, 0.5) is 0 Å². The van der Waals surface area contributed by atoms with Crippen molar-refractivity contribution < 1.29 is 8.42 Å². The average Bonchev–Trinajstić information content (AvgIpc) is 3.00. The number of thiophene rings is 1. The molecular formula is C21H24ClNO2S3. The summed E-state index contributed by atoms with van der Waals surface area (Å²) in [6, 6.07) is 13.9. The molecule has 0 N–H and O–H groups in total. The fourth-order valence-corrected chi connectivity index (χ4v) is 8.10. The summed E-state index contributed by atoms with van der Waals surface area (Å²) in [6.45, 7) is 6.91. The van der Waals surface area contributed by atoms with Gasteiger partial charge in [-0.2, -0.15) is 4.31 Å². The largest absolute Gasteiger partial charge is 0.252 e. The van der Waals surface area contributed by atoms with Crippen LogP contribution in [-0.4, -0.2) is 31.6 Å². The van der Waals surface area contributed by atoms with Gasteiger partial charge in [-0.1, -0.05) is 42.3 Å². The Hall–Kier alpha value is -1.05. The molecule has 3 nitrogen and oxygen atoms in total. The summed E-state index contributed by atoms with van der Waals surface area (Å²) >= 11 is 9.32. The van der Waals surface area contributed by atoms with Crippen LogP contribution >= 0.6 is 34.7 Å². The smallest absolute Gasteiger partial charge is 0.206 e. The van der Waals surface area contributed by atoms with Crippen LogP contribution in [-0.2, 0) is 10.0 Å². The first-order valence-corrected chi connectivity index (χ1v) is 12.8. The molecular weight excluding hydrogens is 430 g/mol. The summed E-state index contributed by atoms with van der Waals surface area (Å²) in [5.74, 6) is 0.716. The molecule has 0 fully saturated rings. The van der Waals surface area contributed by atoms with E-state index in [-0.39, 0.29) is 0 Å². The molecule has 150 valence electrons. The van der Waals surface area contributed by atoms with Crippen LogP contribution in [0.1, 0.15) is 24.5 Å². The molecule has 0 atom stereocenters. The Bertz CT molecular complexity index is 1080. The maximum absolute atomic E-state index is 13.4. The zero-order valence-corrected chi connectivity index (χ0v) is 19.4. The molecule has 3 aromatic rings. The standard InChI is InChI=1S/C21H24ClNO2S3/c1-4-11-23(12-13-26-17-8-5-7-15(2)14-17)28(24,25)21-16(3)20-18(22)9-6-10-19(20)27-21/h5-10,14H,4,11-13H2,1-3H3. The third-order valence-electron chi connectivity index (χ3n) is 4.51. The van der Waals surface area contributed by atoms with E-state index in [1.54, 1.807) is 16.1 Å². The second-order valence-electron chi connectivity index (χ2n) is 6.70. The molecule has 0 unspecified atom stereocenters. The quantitative estimate of drug-likeness (QED) is 0.372. The van der Waals surface area contributed by atoms with Gasteiger partial charge in [0.2, 0.25) is 0 Å². The molecule has 7 heteroatoms. The van der Waals surface area contributed by atoms with Gasteiger partial charge in [0.05, 0.1) is 0 Å². The van der Waals surface area contributed by atoms with Gasteiger partial charge in [0.1, 0.15) is 4.21 Å². The van der Waals surface area contributed by atoms with Gasteiger partial charge in [0, 0.05) is 38.8 Å². The van der Waals surface area contributed by atoms with Crippen molar-refractivity contribution in [3.8, 4) is 0 Å². The molecule has 0 amide bonds. The van der Waals surface area contributed by atoms with E-state index in [0.717, 1.165) is 22.1 Å². The fourth-order valence-electron chi connectivity index (χ4n) is 3.17. The minimum Gasteiger partial charge on any atom is -0.206 e. The van der Waals surface area contributed by atoms with Crippen molar-refractivity contribution in [3.63, 3.8) is 0 Å². The second-order valence-corrected chi connectivity index (χ2v) is 11.5. The summed E-state index contributed by atoms with van der Waals surface area (Å²) in [5, 5.41) is 1.45. The third kappa shape index (κ3) is 4.57. The van der Waals surface area contributed by atoms with Gasteiger partial charge in [-0.25, -0.2) is 8.42 Å². The zero-order valence-electron chi connectivity index (χ0n) is 16.2. The Morgan fingerprint density at radius 2 is 1.86 bits per heavy atom. The molecule has 0 aliphatic rings. The van der Waals surface area contributed by atoms with Crippen molar-refractivity contribution in [2.45, 2.75) is 36.3 Å². The lowest BCUT2D eigenvalue weighted by atomic mass is 10.2. The van der Waals surface area contributed by atoms with Crippen molar-refractivity contribution in [2.24, 2.45) is 0 Å². The van der Waals surface area contributed by atoms with Gasteiger partial charge in [-0.05, 0) is 50.1 Å². The van der Waals surface area contributed by atoms with Gasteiger partial charge in [-0.15, -0.1) is 23.1 Å². The predicted octanol–water partition coefficient (Wildman–Crippen LogP) is 6.36. The van der Waals surface area contributed by atoms with Crippen LogP contribution in [0.25, 0.3) is 10.1 Å². The van der Waals surface area contributed by atoms with E-state index < -0.39 is 10.0 Å². The number of aryl methyl sites for hydroxylation is 2. The van der Waals surface area contributed by atoms with E-state index in [1.807, 2.05) is 38.1 Å². The lowest BCUT2D eigenvalue weighted by molar-refractivity contribution is 0.430. The molecule has 28 heavy (non-hydrogen) atoms. The summed E-state index contributed by atoms with van der Waals surface area (Å²) in [7, 11) is -3.56. The van der Waals surface area contributed by atoms with Crippen molar-refractivity contribution in [2.75, 3.05) is 18.8 Å². The van der Waals surface area contributed by atoms with E-state index in [2.05, 4.69) is 25.1 Å². The van der Waals surface area contributed by atoms with Crippen molar-refractivity contribution in [3.05, 3.63) is 58.6 Å². The first-order valence-electron chi connectivity index (χ1n) is 9.22. The summed E-state index contributed by atoms with van der Waals surface area (Å²) in [4.78, 5) is 1.17. The fraction of sp³-hybridized carbons (Fsp3) is 0.333. The van der Waals surface area contributed by atoms with Crippen LogP contribution < -0.4 is 0 Å². The van der Waals surface area contributed by atoms with E-state index in [4.69, 9.17) is 11.6 Å². The second kappa shape index (κ2) is 9.18. The topological polar surface area (TPSA) is 37.4 Å². The molecule has 1 aromatic heterocycles. The first-order chi connectivity index (χ1) is 13.3. The van der Waals surface area contributed by atoms with Gasteiger partial charge in [0.15, 0.2) is 0 Å². The number of hydrogen-bond donors (Lipinski definition) is 0. The summed E-state index contributed by atoms with van der Waals surface area (Å²) < 4.78 is 29.7. The van der Waals surface area contributed by atoms with Crippen molar-refractivity contribution in [1.82, 2.24) is 4.31 Å². The number of nitrogens with zero attached hydrogens (tertiary/aromatic N) is 1. The molecule has 0 spiro atoms. The molecule has 0 bridgehead atoms. The Kier molecular flexibility index (Phi) is 7.10. The van der Waals surface area contributed by atoms with E-state index in [1.165, 1.54) is 21.8 Å². The summed E-state index contributed by atoms with van der Waals surface area (Å²) in [5.41, 5.74) is 1.96. The van der Waals surface area contributed by atoms with Gasteiger partial charge in [-0.3, -0.25) is 0 Å². The van der Waals surface area contributed by atoms with Gasteiger partial charge in [0.25, 0.3) is 10.0 Å². The van der Waals surface area contributed by atoms with E-state index >= 15 is 0 Å². The van der Waals surface area contributed by atoms with Crippen LogP contribution in [0.5, 0.6) is 0 Å². The van der Waals surface area contributed by atoms with Crippen molar-refractivity contribution >= 4 is 54.8 Å². The Labute approximate surface area is 180 Å². The monoisotopic (exact) mass is 453 g/mol. The Morgan fingerprint density at radius 3 is 2.54 bits per heavy atom. The summed E-state index contributed by atoms with van der Waals surface area (Å²) in [6.07, 6.45) is 0.777. The minimum atomic E-state index is -3.56. The molecule has 0 saturated heterocycles. The van der Waals surface area contributed by atoms with Crippen molar-refractivity contribution in [1.29, 1.82) is 0 Å². The van der Waals surface area contributed by atoms with Crippen LogP contribution in [0, 0.1) is 13.8 Å².